The minimum Gasteiger partial charge on any atom is -0.310 e. The van der Waals surface area contributed by atoms with Gasteiger partial charge < -0.3 is 9.80 Å². The fourth-order valence-electron chi connectivity index (χ4n) is 15.3. The summed E-state index contributed by atoms with van der Waals surface area (Å²) in [6, 6.07) is 105. The van der Waals surface area contributed by atoms with Gasteiger partial charge in [-0.15, -0.1) is 0 Å². The number of hydrogen-bond acceptors (Lipinski definition) is 2. The van der Waals surface area contributed by atoms with Gasteiger partial charge in [-0.2, -0.15) is 0 Å². The Bertz CT molecular complexity index is 5120. The van der Waals surface area contributed by atoms with Crippen molar-refractivity contribution in [3.8, 4) is 66.8 Å². The summed E-state index contributed by atoms with van der Waals surface area (Å²) in [5.41, 5.74) is 29.7. The second-order valence-corrected chi connectivity index (χ2v) is 31.0. The second kappa shape index (κ2) is 22.2. The summed E-state index contributed by atoms with van der Waals surface area (Å²) in [6.07, 6.45) is 0. The standard InChI is InChI=1S/C92H81BN2/c1-89(2,3)70-48-67-40-38-65-46-69(47-66-39-41-68(49-70)85(67)84(65)66)64-42-44-78-81(51-64)95(88-76(61-34-24-16-25-35-61)54-72(91(7,8)9)55-77(88)62-36-26-17-27-37-62)83-57-73(92(10,11)12)56-82-86(83)93(78)79-50-63(58-28-18-13-19-29-58)43-45-80(79)94(82)87-74(59-30-20-14-21-31-59)52-71(90(4,5)6)53-75(87)60-32-22-15-23-33-60/h13-57H,1-12H3. The van der Waals surface area contributed by atoms with Crippen LogP contribution in [0.15, 0.2) is 273 Å². The zero-order valence-electron chi connectivity index (χ0n) is 57.0. The fraction of sp³-hybridized carbons (Fsp3) is 0.174. The fourth-order valence-corrected chi connectivity index (χ4v) is 15.3. The molecule has 2 nitrogen and oxygen atoms in total. The first kappa shape index (κ1) is 59.8. The lowest BCUT2D eigenvalue weighted by molar-refractivity contribution is 0.590. The van der Waals surface area contributed by atoms with Gasteiger partial charge in [0.15, 0.2) is 0 Å². The Labute approximate surface area is 562 Å². The molecule has 0 bridgehead atoms. The largest absolute Gasteiger partial charge is 0.310 e. The van der Waals surface area contributed by atoms with E-state index in [0.717, 1.165) is 11.4 Å². The average Bonchev–Trinajstić information content (AvgIpc) is 0.692. The van der Waals surface area contributed by atoms with Gasteiger partial charge in [-0.05, 0) is 198 Å². The van der Waals surface area contributed by atoms with Crippen LogP contribution in [0.5, 0.6) is 0 Å². The monoisotopic (exact) mass is 1220 g/mol. The summed E-state index contributed by atoms with van der Waals surface area (Å²) in [5.74, 6) is 0. The van der Waals surface area contributed by atoms with Gasteiger partial charge in [0.2, 0.25) is 0 Å². The van der Waals surface area contributed by atoms with Crippen molar-refractivity contribution in [1.82, 2.24) is 0 Å². The predicted octanol–water partition coefficient (Wildman–Crippen LogP) is 23.9. The maximum atomic E-state index is 2.74. The molecular weight excluding hydrogens is 1140 g/mol. The Kier molecular flexibility index (Phi) is 14.0. The van der Waals surface area contributed by atoms with Crippen molar-refractivity contribution in [2.24, 2.45) is 0 Å². The van der Waals surface area contributed by atoms with E-state index >= 15 is 0 Å². The highest BCUT2D eigenvalue weighted by atomic mass is 15.2. The van der Waals surface area contributed by atoms with E-state index in [1.54, 1.807) is 0 Å². The van der Waals surface area contributed by atoms with Crippen LogP contribution in [-0.4, -0.2) is 6.71 Å². The van der Waals surface area contributed by atoms with Gasteiger partial charge in [0.05, 0.1) is 11.4 Å². The van der Waals surface area contributed by atoms with Crippen molar-refractivity contribution >= 4 is 89.5 Å². The molecule has 95 heavy (non-hydrogen) atoms. The molecule has 0 saturated heterocycles. The average molecular weight is 1230 g/mol. The van der Waals surface area contributed by atoms with E-state index in [-0.39, 0.29) is 28.4 Å². The predicted molar refractivity (Wildman–Crippen MR) is 412 cm³/mol. The van der Waals surface area contributed by atoms with E-state index in [1.807, 2.05) is 0 Å². The maximum absolute atomic E-state index is 2.74. The molecule has 0 aliphatic carbocycles. The Hall–Kier alpha value is -10.2. The van der Waals surface area contributed by atoms with Crippen molar-refractivity contribution in [2.45, 2.75) is 105 Å². The topological polar surface area (TPSA) is 6.48 Å². The third-order valence-electron chi connectivity index (χ3n) is 20.5. The summed E-state index contributed by atoms with van der Waals surface area (Å²) in [5, 5.41) is 7.78. The van der Waals surface area contributed by atoms with Crippen LogP contribution < -0.4 is 26.2 Å². The Morgan fingerprint density at radius 1 is 0.232 bits per heavy atom. The molecule has 0 atom stereocenters. The summed E-state index contributed by atoms with van der Waals surface area (Å²) in [4.78, 5) is 5.44. The van der Waals surface area contributed by atoms with E-state index in [2.05, 4.69) is 366 Å². The molecule has 2 aliphatic heterocycles. The highest BCUT2D eigenvalue weighted by molar-refractivity contribution is 7.00. The Morgan fingerprint density at radius 3 is 0.947 bits per heavy atom. The molecule has 0 spiro atoms. The van der Waals surface area contributed by atoms with Crippen LogP contribution in [0, 0.1) is 0 Å². The minimum atomic E-state index is -0.280. The summed E-state index contributed by atoms with van der Waals surface area (Å²) >= 11 is 0. The lowest BCUT2D eigenvalue weighted by Crippen LogP contribution is -2.61. The van der Waals surface area contributed by atoms with Crippen molar-refractivity contribution in [3.63, 3.8) is 0 Å². The summed E-state index contributed by atoms with van der Waals surface area (Å²) < 4.78 is 0. The lowest BCUT2D eigenvalue weighted by Gasteiger charge is -2.47. The van der Waals surface area contributed by atoms with Gasteiger partial charge in [0.25, 0.3) is 6.71 Å². The number of anilines is 6. The van der Waals surface area contributed by atoms with Gasteiger partial charge in [0.1, 0.15) is 0 Å². The van der Waals surface area contributed by atoms with Crippen molar-refractivity contribution in [2.75, 3.05) is 9.80 Å². The molecule has 14 aromatic rings. The van der Waals surface area contributed by atoms with E-state index in [9.17, 15) is 0 Å². The van der Waals surface area contributed by atoms with Crippen molar-refractivity contribution in [3.05, 3.63) is 295 Å². The van der Waals surface area contributed by atoms with Crippen LogP contribution in [-0.2, 0) is 21.7 Å². The molecule has 16 rings (SSSR count). The number of rotatable bonds is 8. The van der Waals surface area contributed by atoms with Crippen LogP contribution >= 0.6 is 0 Å². The Balaban J connectivity index is 1.07. The third-order valence-corrected chi connectivity index (χ3v) is 20.5. The number of fused-ring (bicyclic) bond motifs is 4. The highest BCUT2D eigenvalue weighted by Crippen LogP contribution is 2.56. The first-order valence-electron chi connectivity index (χ1n) is 34.1. The van der Waals surface area contributed by atoms with Gasteiger partial charge in [0, 0.05) is 45.0 Å². The molecule has 0 fully saturated rings. The molecule has 2 aliphatic rings. The molecule has 462 valence electrons. The Morgan fingerprint density at radius 2 is 0.558 bits per heavy atom. The van der Waals surface area contributed by atoms with Crippen LogP contribution in [0.3, 0.4) is 0 Å². The van der Waals surface area contributed by atoms with Crippen LogP contribution in [0.4, 0.5) is 34.1 Å². The summed E-state index contributed by atoms with van der Waals surface area (Å²) in [7, 11) is 0. The van der Waals surface area contributed by atoms with E-state index in [0.29, 0.717) is 0 Å². The van der Waals surface area contributed by atoms with Crippen LogP contribution in [0.25, 0.3) is 99.1 Å². The molecule has 0 N–H and O–H groups in total. The lowest BCUT2D eigenvalue weighted by atomic mass is 9.33. The van der Waals surface area contributed by atoms with Gasteiger partial charge in [-0.25, -0.2) is 0 Å². The molecule has 0 amide bonds. The normalized spacial score (nSPS) is 13.2. The van der Waals surface area contributed by atoms with Crippen LogP contribution in [0.2, 0.25) is 0 Å². The maximum Gasteiger partial charge on any atom is 0.252 e. The molecular formula is C92H81BN2. The van der Waals surface area contributed by atoms with E-state index < -0.39 is 0 Å². The molecule has 3 heteroatoms. The molecule has 2 heterocycles. The van der Waals surface area contributed by atoms with Gasteiger partial charge >= 0.3 is 0 Å². The molecule has 0 saturated carbocycles. The third kappa shape index (κ3) is 10.3. The summed E-state index contributed by atoms with van der Waals surface area (Å²) in [6.45, 7) is 28.1. The zero-order valence-corrected chi connectivity index (χ0v) is 57.0. The van der Waals surface area contributed by atoms with Crippen LogP contribution in [0.1, 0.15) is 105 Å². The quantitative estimate of drug-likeness (QED) is 0.111. The molecule has 0 aromatic heterocycles. The van der Waals surface area contributed by atoms with Gasteiger partial charge in [-0.1, -0.05) is 295 Å². The first-order chi connectivity index (χ1) is 45.6. The highest BCUT2D eigenvalue weighted by Gasteiger charge is 2.46. The molecule has 0 unspecified atom stereocenters. The number of benzene rings is 14. The van der Waals surface area contributed by atoms with E-state index in [1.165, 1.54) is 160 Å². The van der Waals surface area contributed by atoms with Crippen molar-refractivity contribution in [1.29, 1.82) is 0 Å². The zero-order chi connectivity index (χ0) is 65.4. The van der Waals surface area contributed by atoms with E-state index in [4.69, 9.17) is 0 Å². The first-order valence-corrected chi connectivity index (χ1v) is 34.1. The second-order valence-electron chi connectivity index (χ2n) is 31.0. The smallest absolute Gasteiger partial charge is 0.252 e. The minimum absolute atomic E-state index is 0.0339. The molecule has 0 radical (unpaired) electrons. The SMILES string of the molecule is CC(C)(C)c1cc(-c2ccccc2)c(N2c3ccc(-c4ccccc4)cc3B3c4ccc(-c5cc6ccc7cc(C(C)(C)C)cc8ccc(c5)c6c78)cc4N(c4c(-c5ccccc5)cc(C(C)(C)C)cc4-c4ccccc4)c4cc(C(C)(C)C)cc2c43)c(-c2ccccc2)c1. The number of hydrogen-bond donors (Lipinski definition) is 0. The molecule has 14 aromatic carbocycles. The van der Waals surface area contributed by atoms with Gasteiger partial charge in [-0.3, -0.25) is 0 Å². The number of nitrogens with zero attached hydrogens (tertiary/aromatic N) is 2. The van der Waals surface area contributed by atoms with Crippen molar-refractivity contribution < 1.29 is 0 Å².